The van der Waals surface area contributed by atoms with Crippen LogP contribution in [0, 0.1) is 0 Å². The zero-order valence-electron chi connectivity index (χ0n) is 19.0. The summed E-state index contributed by atoms with van der Waals surface area (Å²) in [5, 5.41) is 8.79. The van der Waals surface area contributed by atoms with Gasteiger partial charge in [-0.3, -0.25) is 4.79 Å². The molecular weight excluding hydrogens is 516 g/mol. The molecule has 0 amide bonds. The van der Waals surface area contributed by atoms with Crippen molar-refractivity contribution in [2.75, 3.05) is 18.2 Å². The first-order valence-electron chi connectivity index (χ1n) is 11.2. The monoisotopic (exact) mass is 540 g/mol. The molecule has 9 heteroatoms. The van der Waals surface area contributed by atoms with Crippen LogP contribution in [0.15, 0.2) is 63.4 Å². The van der Waals surface area contributed by atoms with Gasteiger partial charge in [-0.25, -0.2) is 4.68 Å². The summed E-state index contributed by atoms with van der Waals surface area (Å²) in [6.07, 6.45) is 2.21. The molecule has 1 aliphatic carbocycles. The Labute approximate surface area is 211 Å². The highest BCUT2D eigenvalue weighted by Gasteiger charge is 2.37. The van der Waals surface area contributed by atoms with Crippen molar-refractivity contribution >= 4 is 39.4 Å². The number of halogens is 1. The van der Waals surface area contributed by atoms with Crippen molar-refractivity contribution in [3.63, 3.8) is 0 Å². The first-order chi connectivity index (χ1) is 16.6. The summed E-state index contributed by atoms with van der Waals surface area (Å²) < 4.78 is 14.6. The number of hydrogen-bond donors (Lipinski definition) is 1. The molecule has 0 bridgehead atoms. The van der Waals surface area contributed by atoms with Crippen molar-refractivity contribution in [1.29, 1.82) is 0 Å². The molecule has 5 rings (SSSR count). The van der Waals surface area contributed by atoms with Crippen molar-refractivity contribution in [2.24, 2.45) is 0 Å². The minimum absolute atomic E-state index is 0.151. The second-order valence-corrected chi connectivity index (χ2v) is 10.3. The molecular formula is C25H25BrN4O3S. The zero-order valence-corrected chi connectivity index (χ0v) is 21.4. The van der Waals surface area contributed by atoms with Crippen LogP contribution in [0.4, 0.5) is 5.95 Å². The number of carbonyl (C=O) groups excluding carboxylic acids is 1. The van der Waals surface area contributed by atoms with Crippen LogP contribution in [0.5, 0.6) is 11.5 Å². The number of methoxy groups -OCH3 is 1. The van der Waals surface area contributed by atoms with Crippen LogP contribution in [0.1, 0.15) is 43.4 Å². The number of anilines is 1. The summed E-state index contributed by atoms with van der Waals surface area (Å²) in [5.74, 6) is 2.95. The van der Waals surface area contributed by atoms with Gasteiger partial charge in [-0.1, -0.05) is 52.8 Å². The Balaban J connectivity index is 1.51. The molecule has 176 valence electrons. The van der Waals surface area contributed by atoms with E-state index in [0.29, 0.717) is 35.6 Å². The number of allylic oxidation sites excluding steroid dienone is 2. The molecule has 2 heterocycles. The Hall–Kier alpha value is -2.78. The number of carbonyl (C=O) groups is 1. The summed E-state index contributed by atoms with van der Waals surface area (Å²) in [5.41, 5.74) is 3.68. The van der Waals surface area contributed by atoms with Gasteiger partial charge in [0.05, 0.1) is 7.11 Å². The van der Waals surface area contributed by atoms with Crippen LogP contribution in [0.25, 0.3) is 0 Å². The van der Waals surface area contributed by atoms with Crippen LogP contribution in [0.3, 0.4) is 0 Å². The predicted octanol–water partition coefficient (Wildman–Crippen LogP) is 5.76. The van der Waals surface area contributed by atoms with Gasteiger partial charge in [-0.05, 0) is 54.0 Å². The maximum atomic E-state index is 13.0. The van der Waals surface area contributed by atoms with Crippen LogP contribution in [-0.4, -0.2) is 33.4 Å². The van der Waals surface area contributed by atoms with Gasteiger partial charge in [0.25, 0.3) is 0 Å². The van der Waals surface area contributed by atoms with E-state index in [1.807, 2.05) is 47.1 Å². The number of thioether (sulfide) groups is 1. The molecule has 2 aromatic carbocycles. The molecule has 0 saturated carbocycles. The van der Waals surface area contributed by atoms with Crippen LogP contribution in [0.2, 0.25) is 0 Å². The lowest BCUT2D eigenvalue weighted by molar-refractivity contribution is -0.116. The zero-order chi connectivity index (χ0) is 23.7. The van der Waals surface area contributed by atoms with Gasteiger partial charge >= 0.3 is 0 Å². The van der Waals surface area contributed by atoms with E-state index in [2.05, 4.69) is 33.2 Å². The van der Waals surface area contributed by atoms with Crippen molar-refractivity contribution < 1.29 is 14.3 Å². The van der Waals surface area contributed by atoms with E-state index in [9.17, 15) is 4.79 Å². The van der Waals surface area contributed by atoms with Crippen molar-refractivity contribution in [3.8, 4) is 11.5 Å². The Morgan fingerprint density at radius 2 is 2.09 bits per heavy atom. The third-order valence-corrected chi connectivity index (χ3v) is 7.12. The SMILES string of the molecule is CCSc1nc2n(n1)C(c1ccc(OCc3cccc(Br)c3)c(OC)c1)C1=C(CCCC1=O)N2. The topological polar surface area (TPSA) is 78.3 Å². The fourth-order valence-electron chi connectivity index (χ4n) is 4.40. The number of nitrogens with one attached hydrogen (secondary N) is 1. The number of ether oxygens (including phenoxy) is 2. The van der Waals surface area contributed by atoms with Gasteiger partial charge in [0.1, 0.15) is 12.6 Å². The number of fused-ring (bicyclic) bond motifs is 1. The minimum Gasteiger partial charge on any atom is -0.493 e. The number of hydrogen-bond acceptors (Lipinski definition) is 7. The maximum absolute atomic E-state index is 13.0. The van der Waals surface area contributed by atoms with E-state index in [1.54, 1.807) is 18.9 Å². The van der Waals surface area contributed by atoms with E-state index in [1.165, 1.54) is 0 Å². The summed E-state index contributed by atoms with van der Waals surface area (Å²) in [6, 6.07) is 13.5. The lowest BCUT2D eigenvalue weighted by atomic mass is 9.85. The molecule has 1 N–H and O–H groups in total. The van der Waals surface area contributed by atoms with Crippen LogP contribution >= 0.6 is 27.7 Å². The van der Waals surface area contributed by atoms with Gasteiger partial charge in [-0.2, -0.15) is 4.98 Å². The van der Waals surface area contributed by atoms with Crippen molar-refractivity contribution in [3.05, 3.63) is 69.3 Å². The Morgan fingerprint density at radius 3 is 2.88 bits per heavy atom. The van der Waals surface area contributed by atoms with Crippen molar-refractivity contribution in [1.82, 2.24) is 14.8 Å². The van der Waals surface area contributed by atoms with Gasteiger partial charge in [0.2, 0.25) is 11.1 Å². The Kier molecular flexibility index (Phi) is 6.65. The van der Waals surface area contributed by atoms with E-state index in [4.69, 9.17) is 14.6 Å². The third kappa shape index (κ3) is 4.46. The molecule has 1 atom stereocenters. The Morgan fingerprint density at radius 1 is 1.21 bits per heavy atom. The normalized spacial score (nSPS) is 17.1. The highest BCUT2D eigenvalue weighted by atomic mass is 79.9. The van der Waals surface area contributed by atoms with Gasteiger partial charge < -0.3 is 14.8 Å². The number of ketones is 1. The fraction of sp³-hybridized carbons (Fsp3) is 0.320. The number of Topliss-reactive ketones (excluding diaryl/α,β-unsaturated/α-hetero) is 1. The average molecular weight is 541 g/mol. The molecule has 0 radical (unpaired) electrons. The van der Waals surface area contributed by atoms with Crippen LogP contribution < -0.4 is 14.8 Å². The van der Waals surface area contributed by atoms with E-state index >= 15 is 0 Å². The van der Waals surface area contributed by atoms with E-state index < -0.39 is 0 Å². The quantitative estimate of drug-likeness (QED) is 0.381. The summed E-state index contributed by atoms with van der Waals surface area (Å²) in [6.45, 7) is 2.49. The van der Waals surface area contributed by atoms with Crippen LogP contribution in [-0.2, 0) is 11.4 Å². The molecule has 2 aliphatic rings. The predicted molar refractivity (Wildman–Crippen MR) is 136 cm³/mol. The number of aromatic nitrogens is 3. The second-order valence-electron chi connectivity index (χ2n) is 8.12. The molecule has 1 aliphatic heterocycles. The van der Waals surface area contributed by atoms with Gasteiger partial charge in [-0.15, -0.1) is 5.10 Å². The lowest BCUT2D eigenvalue weighted by Gasteiger charge is -2.32. The summed E-state index contributed by atoms with van der Waals surface area (Å²) in [4.78, 5) is 17.7. The third-order valence-electron chi connectivity index (χ3n) is 5.91. The highest BCUT2D eigenvalue weighted by Crippen LogP contribution is 2.42. The molecule has 0 fully saturated rings. The first kappa shape index (κ1) is 23.0. The number of rotatable bonds is 7. The molecule has 0 spiro atoms. The summed E-state index contributed by atoms with van der Waals surface area (Å²) in [7, 11) is 1.63. The highest BCUT2D eigenvalue weighted by molar-refractivity contribution is 9.10. The van der Waals surface area contributed by atoms with Crippen molar-refractivity contribution in [2.45, 2.75) is 44.0 Å². The molecule has 0 saturated heterocycles. The fourth-order valence-corrected chi connectivity index (χ4v) is 5.40. The van der Waals surface area contributed by atoms with Gasteiger partial charge in [0, 0.05) is 22.2 Å². The Bertz CT molecular complexity index is 1270. The molecule has 3 aromatic rings. The number of nitrogens with zero attached hydrogens (tertiary/aromatic N) is 3. The average Bonchev–Trinajstić information content (AvgIpc) is 3.24. The molecule has 1 aromatic heterocycles. The smallest absolute Gasteiger partial charge is 0.227 e. The summed E-state index contributed by atoms with van der Waals surface area (Å²) >= 11 is 5.08. The second kappa shape index (κ2) is 9.84. The maximum Gasteiger partial charge on any atom is 0.227 e. The molecule has 1 unspecified atom stereocenters. The lowest BCUT2D eigenvalue weighted by Crippen LogP contribution is -2.31. The first-order valence-corrected chi connectivity index (χ1v) is 13.0. The standard InChI is InChI=1S/C25H25BrN4O3S/c1-3-34-25-28-24-27-18-8-5-9-19(31)22(18)23(30(24)29-25)16-10-11-20(21(13-16)32-2)33-14-15-6-4-7-17(26)12-15/h4,6-7,10-13,23H,3,5,8-9,14H2,1-2H3,(H,27,28,29). The van der Waals surface area contributed by atoms with Gasteiger partial charge in [0.15, 0.2) is 17.3 Å². The minimum atomic E-state index is -0.356. The molecule has 34 heavy (non-hydrogen) atoms. The molecule has 7 nitrogen and oxygen atoms in total. The largest absolute Gasteiger partial charge is 0.493 e. The number of benzene rings is 2. The van der Waals surface area contributed by atoms with E-state index in [0.717, 1.165) is 45.5 Å². The van der Waals surface area contributed by atoms with E-state index in [-0.39, 0.29) is 11.8 Å².